The average Bonchev–Trinajstić information content (AvgIpc) is 2.31. The third kappa shape index (κ3) is 3.61. The van der Waals surface area contributed by atoms with E-state index in [0.717, 1.165) is 5.56 Å². The normalized spacial score (nSPS) is 12.0. The van der Waals surface area contributed by atoms with Crippen LogP contribution in [0.1, 0.15) is 19.4 Å². The third-order valence-electron chi connectivity index (χ3n) is 2.18. The van der Waals surface area contributed by atoms with Crippen molar-refractivity contribution in [2.24, 2.45) is 5.73 Å². The summed E-state index contributed by atoms with van der Waals surface area (Å²) in [4.78, 5) is 11.4. The van der Waals surface area contributed by atoms with Gasteiger partial charge in [-0.1, -0.05) is 23.7 Å². The number of ether oxygens (including phenoxy) is 2. The number of hydrogen-bond acceptors (Lipinski definition) is 4. The molecule has 0 fully saturated rings. The molecule has 0 aliphatic heterocycles. The van der Waals surface area contributed by atoms with Gasteiger partial charge in [-0.2, -0.15) is 0 Å². The van der Waals surface area contributed by atoms with Crippen molar-refractivity contribution in [3.63, 3.8) is 0 Å². The van der Waals surface area contributed by atoms with E-state index < -0.39 is 12.1 Å². The Labute approximate surface area is 106 Å². The highest BCUT2D eigenvalue weighted by atomic mass is 35.5. The first-order valence-electron chi connectivity index (χ1n) is 5.40. The highest BCUT2D eigenvalue weighted by molar-refractivity contribution is 6.32. The zero-order chi connectivity index (χ0) is 12.8. The maximum Gasteiger partial charge on any atom is 0.347 e. The molecule has 0 saturated carbocycles. The quantitative estimate of drug-likeness (QED) is 0.821. The fourth-order valence-electron chi connectivity index (χ4n) is 1.33. The molecular formula is C12H16ClNO3. The van der Waals surface area contributed by atoms with Gasteiger partial charge < -0.3 is 15.2 Å². The van der Waals surface area contributed by atoms with E-state index in [-0.39, 0.29) is 0 Å². The first-order valence-corrected chi connectivity index (χ1v) is 5.78. The van der Waals surface area contributed by atoms with Crippen LogP contribution in [0.5, 0.6) is 5.75 Å². The SMILES string of the molecule is CCOC(=O)C(C)Oc1c(Cl)cccc1CN. The zero-order valence-corrected chi connectivity index (χ0v) is 10.7. The van der Waals surface area contributed by atoms with Crippen molar-refractivity contribution >= 4 is 17.6 Å². The summed E-state index contributed by atoms with van der Waals surface area (Å²) in [5.41, 5.74) is 6.33. The fraction of sp³-hybridized carbons (Fsp3) is 0.417. The van der Waals surface area contributed by atoms with Crippen LogP contribution in [0, 0.1) is 0 Å². The van der Waals surface area contributed by atoms with Gasteiger partial charge in [0.25, 0.3) is 0 Å². The largest absolute Gasteiger partial charge is 0.477 e. The van der Waals surface area contributed by atoms with Gasteiger partial charge in [0.05, 0.1) is 11.6 Å². The van der Waals surface area contributed by atoms with E-state index >= 15 is 0 Å². The first kappa shape index (κ1) is 13.8. The molecule has 0 bridgehead atoms. The lowest BCUT2D eigenvalue weighted by Crippen LogP contribution is -2.26. The van der Waals surface area contributed by atoms with Gasteiger partial charge >= 0.3 is 5.97 Å². The van der Waals surface area contributed by atoms with Crippen LogP contribution in [0.3, 0.4) is 0 Å². The lowest BCUT2D eigenvalue weighted by molar-refractivity contribution is -0.150. The second kappa shape index (κ2) is 6.47. The molecule has 17 heavy (non-hydrogen) atoms. The standard InChI is InChI=1S/C12H16ClNO3/c1-3-16-12(15)8(2)17-11-9(7-14)5-4-6-10(11)13/h4-6,8H,3,7,14H2,1-2H3. The molecule has 0 aliphatic carbocycles. The molecule has 1 aromatic carbocycles. The second-order valence-corrected chi connectivity index (χ2v) is 3.85. The number of carbonyl (C=O) groups excluding carboxylic acids is 1. The molecular weight excluding hydrogens is 242 g/mol. The van der Waals surface area contributed by atoms with Gasteiger partial charge in [-0.15, -0.1) is 0 Å². The molecule has 0 spiro atoms. The minimum atomic E-state index is -0.708. The molecule has 1 atom stereocenters. The van der Waals surface area contributed by atoms with E-state index in [1.165, 1.54) is 0 Å². The van der Waals surface area contributed by atoms with Crippen LogP contribution in [0.25, 0.3) is 0 Å². The number of benzene rings is 1. The number of hydrogen-bond donors (Lipinski definition) is 1. The lowest BCUT2D eigenvalue weighted by atomic mass is 10.2. The Morgan fingerprint density at radius 3 is 2.82 bits per heavy atom. The smallest absolute Gasteiger partial charge is 0.347 e. The molecule has 1 rings (SSSR count). The molecule has 0 aromatic heterocycles. The summed E-state index contributed by atoms with van der Waals surface area (Å²) < 4.78 is 10.3. The van der Waals surface area contributed by atoms with Crippen molar-refractivity contribution in [1.82, 2.24) is 0 Å². The van der Waals surface area contributed by atoms with Crippen molar-refractivity contribution in [2.45, 2.75) is 26.5 Å². The van der Waals surface area contributed by atoms with Gasteiger partial charge in [-0.05, 0) is 19.9 Å². The third-order valence-corrected chi connectivity index (χ3v) is 2.48. The van der Waals surface area contributed by atoms with Crippen molar-refractivity contribution < 1.29 is 14.3 Å². The Hall–Kier alpha value is -1.26. The van der Waals surface area contributed by atoms with Gasteiger partial charge in [-0.25, -0.2) is 4.79 Å². The Balaban J connectivity index is 2.83. The number of para-hydroxylation sites is 1. The molecule has 94 valence electrons. The summed E-state index contributed by atoms with van der Waals surface area (Å²) in [5, 5.41) is 0.434. The predicted molar refractivity (Wildman–Crippen MR) is 66.1 cm³/mol. The number of carbonyl (C=O) groups is 1. The van der Waals surface area contributed by atoms with Crippen LogP contribution >= 0.6 is 11.6 Å². The second-order valence-electron chi connectivity index (χ2n) is 3.44. The summed E-state index contributed by atoms with van der Waals surface area (Å²) in [6, 6.07) is 5.28. The number of nitrogens with two attached hydrogens (primary N) is 1. The summed E-state index contributed by atoms with van der Waals surface area (Å²) in [6.45, 7) is 3.97. The van der Waals surface area contributed by atoms with Crippen LogP contribution in [-0.2, 0) is 16.1 Å². The minimum absolute atomic E-state index is 0.297. The van der Waals surface area contributed by atoms with Crippen LogP contribution in [0.4, 0.5) is 0 Å². The number of rotatable bonds is 5. The summed E-state index contributed by atoms with van der Waals surface area (Å²) in [6.07, 6.45) is -0.708. The number of halogens is 1. The Bertz CT molecular complexity index is 395. The van der Waals surface area contributed by atoms with Crippen LogP contribution < -0.4 is 10.5 Å². The summed E-state index contributed by atoms with van der Waals surface area (Å²) in [7, 11) is 0. The highest BCUT2D eigenvalue weighted by Crippen LogP contribution is 2.29. The number of esters is 1. The van der Waals surface area contributed by atoms with E-state index in [2.05, 4.69) is 0 Å². The van der Waals surface area contributed by atoms with Gasteiger partial charge in [0.1, 0.15) is 5.75 Å². The molecule has 2 N–H and O–H groups in total. The molecule has 0 radical (unpaired) electrons. The molecule has 0 heterocycles. The van der Waals surface area contributed by atoms with Gasteiger partial charge in [0.15, 0.2) is 6.10 Å². The van der Waals surface area contributed by atoms with Gasteiger partial charge in [-0.3, -0.25) is 0 Å². The fourth-order valence-corrected chi connectivity index (χ4v) is 1.57. The maximum absolute atomic E-state index is 11.4. The van der Waals surface area contributed by atoms with E-state index in [1.807, 2.05) is 0 Å². The zero-order valence-electron chi connectivity index (χ0n) is 9.90. The molecule has 1 aromatic rings. The topological polar surface area (TPSA) is 61.5 Å². The van der Waals surface area contributed by atoms with Crippen molar-refractivity contribution in [3.8, 4) is 5.75 Å². The van der Waals surface area contributed by atoms with E-state index in [0.29, 0.717) is 23.9 Å². The Kier molecular flexibility index (Phi) is 5.25. The van der Waals surface area contributed by atoms with Gasteiger partial charge in [0, 0.05) is 12.1 Å². The molecule has 5 heteroatoms. The maximum atomic E-state index is 11.4. The molecule has 0 saturated heterocycles. The van der Waals surface area contributed by atoms with Crippen LogP contribution in [0.15, 0.2) is 18.2 Å². The highest BCUT2D eigenvalue weighted by Gasteiger charge is 2.18. The van der Waals surface area contributed by atoms with E-state index in [9.17, 15) is 4.79 Å². The molecule has 0 aliphatic rings. The monoisotopic (exact) mass is 257 g/mol. The van der Waals surface area contributed by atoms with Gasteiger partial charge in [0.2, 0.25) is 0 Å². The first-order chi connectivity index (χ1) is 8.10. The average molecular weight is 258 g/mol. The van der Waals surface area contributed by atoms with Crippen molar-refractivity contribution in [3.05, 3.63) is 28.8 Å². The van der Waals surface area contributed by atoms with Crippen molar-refractivity contribution in [1.29, 1.82) is 0 Å². The minimum Gasteiger partial charge on any atom is -0.477 e. The summed E-state index contributed by atoms with van der Waals surface area (Å²) in [5.74, 6) is 0.0209. The Morgan fingerprint density at radius 2 is 2.24 bits per heavy atom. The van der Waals surface area contributed by atoms with Crippen LogP contribution in [-0.4, -0.2) is 18.7 Å². The van der Waals surface area contributed by atoms with Crippen LogP contribution in [0.2, 0.25) is 5.02 Å². The molecule has 4 nitrogen and oxygen atoms in total. The van der Waals surface area contributed by atoms with E-state index in [1.54, 1.807) is 32.0 Å². The van der Waals surface area contributed by atoms with E-state index in [4.69, 9.17) is 26.8 Å². The molecule has 0 amide bonds. The Morgan fingerprint density at radius 1 is 1.53 bits per heavy atom. The summed E-state index contributed by atoms with van der Waals surface area (Å²) >= 11 is 6.00. The lowest BCUT2D eigenvalue weighted by Gasteiger charge is -2.16. The van der Waals surface area contributed by atoms with Crippen molar-refractivity contribution in [2.75, 3.05) is 6.61 Å². The molecule has 1 unspecified atom stereocenters. The predicted octanol–water partition coefficient (Wildman–Crippen LogP) is 2.13.